The Labute approximate surface area is 174 Å². The third-order valence-corrected chi connectivity index (χ3v) is 7.31. The van der Waals surface area contributed by atoms with Gasteiger partial charge in [0.25, 0.3) is 5.91 Å². The van der Waals surface area contributed by atoms with Gasteiger partial charge in [-0.25, -0.2) is 4.79 Å². The molecule has 1 saturated carbocycles. The minimum Gasteiger partial charge on any atom is -0.353 e. The van der Waals surface area contributed by atoms with Gasteiger partial charge in [0.15, 0.2) is 0 Å². The average Bonchev–Trinajstić information content (AvgIpc) is 2.91. The minimum absolute atomic E-state index is 0.151. The number of imide groups is 1. The molecule has 0 aromatic rings. The van der Waals surface area contributed by atoms with E-state index >= 15 is 0 Å². The van der Waals surface area contributed by atoms with Crippen LogP contribution in [0.4, 0.5) is 4.79 Å². The molecule has 3 rings (SSSR count). The highest BCUT2D eigenvalue weighted by Gasteiger charge is 2.52. The number of nitrogens with zero attached hydrogens (tertiary/aromatic N) is 2. The van der Waals surface area contributed by atoms with Crippen molar-refractivity contribution in [3.05, 3.63) is 0 Å². The highest BCUT2D eigenvalue weighted by atomic mass is 16.2. The fourth-order valence-corrected chi connectivity index (χ4v) is 5.10. The van der Waals surface area contributed by atoms with Crippen LogP contribution in [0, 0.1) is 11.8 Å². The van der Waals surface area contributed by atoms with Gasteiger partial charge >= 0.3 is 6.03 Å². The van der Waals surface area contributed by atoms with Crippen molar-refractivity contribution in [1.82, 2.24) is 20.4 Å². The number of piperidine rings is 1. The molecule has 2 aliphatic heterocycles. The molecule has 1 unspecified atom stereocenters. The summed E-state index contributed by atoms with van der Waals surface area (Å²) in [6.07, 6.45) is 6.79. The number of carbonyl (C=O) groups is 3. The van der Waals surface area contributed by atoms with Crippen LogP contribution < -0.4 is 10.6 Å². The number of nitrogens with one attached hydrogen (secondary N) is 2. The van der Waals surface area contributed by atoms with Gasteiger partial charge in [-0.2, -0.15) is 0 Å². The molecule has 2 heterocycles. The van der Waals surface area contributed by atoms with Crippen LogP contribution in [-0.2, 0) is 9.59 Å². The largest absolute Gasteiger partial charge is 0.353 e. The lowest BCUT2D eigenvalue weighted by Gasteiger charge is -2.43. The Morgan fingerprint density at radius 2 is 1.93 bits per heavy atom. The molecule has 2 N–H and O–H groups in total. The predicted octanol–water partition coefficient (Wildman–Crippen LogP) is 2.50. The standard InChI is InChI=1S/C22H38N4O3/c1-5-17-8-10-22(11-9-17)19(28)26(20(29)24-22)14-18(27)23-15-21(3,4)25-12-6-7-16(2)13-25/h16-17H,5-15H2,1-4H3,(H,23,27)(H,24,29). The first-order valence-corrected chi connectivity index (χ1v) is 11.3. The first kappa shape index (κ1) is 22.1. The van der Waals surface area contributed by atoms with E-state index in [2.05, 4.69) is 43.2 Å². The van der Waals surface area contributed by atoms with Gasteiger partial charge in [0, 0.05) is 18.6 Å². The maximum atomic E-state index is 13.0. The number of hydrogen-bond acceptors (Lipinski definition) is 4. The van der Waals surface area contributed by atoms with E-state index in [1.54, 1.807) is 0 Å². The van der Waals surface area contributed by atoms with Crippen molar-refractivity contribution in [3.63, 3.8) is 0 Å². The zero-order chi connectivity index (χ0) is 21.2. The third kappa shape index (κ3) is 4.76. The van der Waals surface area contributed by atoms with Gasteiger partial charge in [-0.1, -0.05) is 20.3 Å². The molecular formula is C22H38N4O3. The maximum Gasteiger partial charge on any atom is 0.325 e. The first-order chi connectivity index (χ1) is 13.7. The molecule has 0 radical (unpaired) electrons. The van der Waals surface area contributed by atoms with Crippen LogP contribution in [0.15, 0.2) is 0 Å². The molecule has 1 aliphatic carbocycles. The predicted molar refractivity (Wildman–Crippen MR) is 112 cm³/mol. The lowest BCUT2D eigenvalue weighted by molar-refractivity contribution is -0.136. The van der Waals surface area contributed by atoms with Gasteiger partial charge in [-0.3, -0.25) is 19.4 Å². The summed E-state index contributed by atoms with van der Waals surface area (Å²) in [6, 6.07) is -0.427. The second-order valence-corrected chi connectivity index (χ2v) is 10.0. The molecule has 1 spiro atoms. The fraction of sp³-hybridized carbons (Fsp3) is 0.864. The van der Waals surface area contributed by atoms with Crippen LogP contribution in [0.2, 0.25) is 0 Å². The van der Waals surface area contributed by atoms with Crippen molar-refractivity contribution in [2.45, 2.75) is 83.7 Å². The molecule has 7 heteroatoms. The van der Waals surface area contributed by atoms with Crippen LogP contribution in [0.5, 0.6) is 0 Å². The molecule has 29 heavy (non-hydrogen) atoms. The second kappa shape index (κ2) is 8.62. The van der Waals surface area contributed by atoms with Crippen molar-refractivity contribution in [1.29, 1.82) is 0 Å². The van der Waals surface area contributed by atoms with Crippen LogP contribution >= 0.6 is 0 Å². The highest BCUT2D eigenvalue weighted by Crippen LogP contribution is 2.37. The van der Waals surface area contributed by atoms with Crippen molar-refractivity contribution in [2.24, 2.45) is 11.8 Å². The number of urea groups is 1. The van der Waals surface area contributed by atoms with E-state index in [9.17, 15) is 14.4 Å². The quantitative estimate of drug-likeness (QED) is 0.664. The highest BCUT2D eigenvalue weighted by molar-refractivity contribution is 6.09. The first-order valence-electron chi connectivity index (χ1n) is 11.3. The summed E-state index contributed by atoms with van der Waals surface area (Å²) in [6.45, 7) is 11.1. The molecule has 7 nitrogen and oxygen atoms in total. The summed E-state index contributed by atoms with van der Waals surface area (Å²) in [4.78, 5) is 41.5. The Balaban J connectivity index is 1.52. The van der Waals surface area contributed by atoms with E-state index in [0.29, 0.717) is 31.2 Å². The topological polar surface area (TPSA) is 81.8 Å². The van der Waals surface area contributed by atoms with Crippen molar-refractivity contribution in [2.75, 3.05) is 26.2 Å². The van der Waals surface area contributed by atoms with E-state index in [1.165, 1.54) is 12.8 Å². The van der Waals surface area contributed by atoms with Gasteiger partial charge in [0.05, 0.1) is 0 Å². The molecular weight excluding hydrogens is 368 g/mol. The zero-order valence-corrected chi connectivity index (χ0v) is 18.6. The normalized spacial score (nSPS) is 31.2. The monoisotopic (exact) mass is 406 g/mol. The molecule has 3 fully saturated rings. The van der Waals surface area contributed by atoms with E-state index in [4.69, 9.17) is 0 Å². The maximum absolute atomic E-state index is 13.0. The third-order valence-electron chi connectivity index (χ3n) is 7.31. The second-order valence-electron chi connectivity index (χ2n) is 10.0. The number of rotatable bonds is 6. The summed E-state index contributed by atoms with van der Waals surface area (Å²) in [5.74, 6) is 0.799. The molecule has 1 atom stereocenters. The van der Waals surface area contributed by atoms with Gasteiger partial charge < -0.3 is 10.6 Å². The molecule has 2 saturated heterocycles. The minimum atomic E-state index is -0.785. The van der Waals surface area contributed by atoms with Crippen molar-refractivity contribution in [3.8, 4) is 0 Å². The Hall–Kier alpha value is -1.63. The Morgan fingerprint density at radius 1 is 1.24 bits per heavy atom. The number of hydrogen-bond donors (Lipinski definition) is 2. The fourth-order valence-electron chi connectivity index (χ4n) is 5.10. The molecule has 164 valence electrons. The summed E-state index contributed by atoms with van der Waals surface area (Å²) >= 11 is 0. The molecule has 4 amide bonds. The van der Waals surface area contributed by atoms with Gasteiger partial charge in [-0.15, -0.1) is 0 Å². The van der Waals surface area contributed by atoms with Gasteiger partial charge in [0.2, 0.25) is 5.91 Å². The summed E-state index contributed by atoms with van der Waals surface area (Å²) in [7, 11) is 0. The molecule has 3 aliphatic rings. The van der Waals surface area contributed by atoms with E-state index in [-0.39, 0.29) is 23.9 Å². The van der Waals surface area contributed by atoms with Gasteiger partial charge in [0.1, 0.15) is 12.1 Å². The summed E-state index contributed by atoms with van der Waals surface area (Å²) in [5.41, 5.74) is -0.937. The molecule has 0 bridgehead atoms. The Morgan fingerprint density at radius 3 is 2.55 bits per heavy atom. The molecule has 0 aromatic heterocycles. The summed E-state index contributed by atoms with van der Waals surface area (Å²) in [5, 5.41) is 5.85. The molecule has 0 aromatic carbocycles. The zero-order valence-electron chi connectivity index (χ0n) is 18.6. The smallest absolute Gasteiger partial charge is 0.325 e. The summed E-state index contributed by atoms with van der Waals surface area (Å²) < 4.78 is 0. The van der Waals surface area contributed by atoms with Gasteiger partial charge in [-0.05, 0) is 70.8 Å². The number of amides is 4. The lowest BCUT2D eigenvalue weighted by atomic mass is 9.75. The van der Waals surface area contributed by atoms with E-state index in [1.807, 2.05) is 0 Å². The van der Waals surface area contributed by atoms with Crippen LogP contribution in [0.3, 0.4) is 0 Å². The number of likely N-dealkylation sites (tertiary alicyclic amines) is 1. The van der Waals surface area contributed by atoms with Crippen molar-refractivity contribution >= 4 is 17.8 Å². The number of carbonyl (C=O) groups excluding carboxylic acids is 3. The lowest BCUT2D eigenvalue weighted by Crippen LogP contribution is -2.55. The van der Waals surface area contributed by atoms with E-state index < -0.39 is 11.6 Å². The van der Waals surface area contributed by atoms with Crippen LogP contribution in [0.1, 0.15) is 72.6 Å². The SMILES string of the molecule is CCC1CCC2(CC1)NC(=O)N(CC(=O)NCC(C)(C)N1CCCC(C)C1)C2=O. The van der Waals surface area contributed by atoms with Crippen LogP contribution in [0.25, 0.3) is 0 Å². The Kier molecular flexibility index (Phi) is 6.56. The van der Waals surface area contributed by atoms with Crippen molar-refractivity contribution < 1.29 is 14.4 Å². The van der Waals surface area contributed by atoms with Crippen LogP contribution in [-0.4, -0.2) is 64.9 Å². The Bertz CT molecular complexity index is 640. The average molecular weight is 407 g/mol. The van der Waals surface area contributed by atoms with E-state index in [0.717, 1.165) is 37.3 Å².